The van der Waals surface area contributed by atoms with Gasteiger partial charge >= 0.3 is 0 Å². The van der Waals surface area contributed by atoms with Crippen molar-refractivity contribution in [2.45, 2.75) is 31.8 Å². The van der Waals surface area contributed by atoms with Gasteiger partial charge in [0, 0.05) is 49.4 Å². The van der Waals surface area contributed by atoms with Gasteiger partial charge in [-0.1, -0.05) is 29.8 Å². The lowest BCUT2D eigenvalue weighted by molar-refractivity contribution is 0.201. The molecule has 3 heterocycles. The van der Waals surface area contributed by atoms with Crippen LogP contribution >= 0.6 is 11.6 Å². The molecular formula is C22H26ClFN4. The summed E-state index contributed by atoms with van der Waals surface area (Å²) in [6, 6.07) is 10.2. The van der Waals surface area contributed by atoms with Crippen LogP contribution < -0.4 is 10.2 Å². The van der Waals surface area contributed by atoms with E-state index < -0.39 is 0 Å². The van der Waals surface area contributed by atoms with Crippen LogP contribution in [-0.2, 0) is 13.0 Å². The number of fused-ring (bicyclic) bond motifs is 1. The number of nitrogens with one attached hydrogen (secondary N) is 1. The van der Waals surface area contributed by atoms with Gasteiger partial charge in [0.1, 0.15) is 5.82 Å². The van der Waals surface area contributed by atoms with Crippen LogP contribution in [0.1, 0.15) is 24.1 Å². The van der Waals surface area contributed by atoms with Crippen molar-refractivity contribution >= 4 is 17.3 Å². The van der Waals surface area contributed by atoms with Gasteiger partial charge in [0.05, 0.1) is 17.6 Å². The first-order valence-electron chi connectivity index (χ1n) is 9.95. The number of allylic oxidation sites excluding steroid dienone is 1. The van der Waals surface area contributed by atoms with Crippen molar-refractivity contribution in [3.63, 3.8) is 0 Å². The summed E-state index contributed by atoms with van der Waals surface area (Å²) in [4.78, 5) is 8.85. The highest BCUT2D eigenvalue weighted by Gasteiger charge is 2.20. The Hall–Kier alpha value is -1.95. The lowest BCUT2D eigenvalue weighted by Gasteiger charge is -2.34. The molecule has 0 radical (unpaired) electrons. The molecule has 2 aliphatic heterocycles. The molecule has 0 amide bonds. The van der Waals surface area contributed by atoms with Gasteiger partial charge in [0.25, 0.3) is 0 Å². The van der Waals surface area contributed by atoms with E-state index in [-0.39, 0.29) is 5.82 Å². The highest BCUT2D eigenvalue weighted by atomic mass is 35.5. The first kappa shape index (κ1) is 19.4. The maximum absolute atomic E-state index is 13.6. The number of hydrogen-bond acceptors (Lipinski definition) is 4. The van der Waals surface area contributed by atoms with E-state index in [2.05, 4.69) is 44.5 Å². The Morgan fingerprint density at radius 1 is 1.14 bits per heavy atom. The van der Waals surface area contributed by atoms with Crippen molar-refractivity contribution in [2.24, 2.45) is 0 Å². The second-order valence-corrected chi connectivity index (χ2v) is 7.96. The topological polar surface area (TPSA) is 31.4 Å². The number of rotatable bonds is 6. The minimum absolute atomic E-state index is 0.272. The number of benzene rings is 1. The third-order valence-electron chi connectivity index (χ3n) is 5.57. The predicted octanol–water partition coefficient (Wildman–Crippen LogP) is 4.00. The highest BCUT2D eigenvalue weighted by Crippen LogP contribution is 2.25. The molecule has 6 heteroatoms. The standard InChI is InChI=1S/C22H26ClFN4/c23-18-5-3-17(4-6-18)15-25-20-7-10-27(11-8-20)12-13-28-9-1-2-21-22(28)14-19(24)16-26-21/h1,3-6,9,14,16,20,25H,2,7-8,10-13,15H2. The Morgan fingerprint density at radius 3 is 2.71 bits per heavy atom. The van der Waals surface area contributed by atoms with E-state index in [1.54, 1.807) is 6.07 Å². The van der Waals surface area contributed by atoms with Crippen molar-refractivity contribution in [3.05, 3.63) is 70.9 Å². The molecule has 0 spiro atoms. The van der Waals surface area contributed by atoms with E-state index in [1.807, 2.05) is 12.1 Å². The molecule has 0 saturated carbocycles. The average Bonchev–Trinajstić information content (AvgIpc) is 2.72. The Kier molecular flexibility index (Phi) is 6.25. The summed E-state index contributed by atoms with van der Waals surface area (Å²) in [6.45, 7) is 4.89. The maximum Gasteiger partial charge on any atom is 0.143 e. The summed E-state index contributed by atoms with van der Waals surface area (Å²) in [7, 11) is 0. The molecular weight excluding hydrogens is 375 g/mol. The molecule has 1 fully saturated rings. The minimum Gasteiger partial charge on any atom is -0.345 e. The molecule has 0 bridgehead atoms. The molecule has 1 N–H and O–H groups in total. The average molecular weight is 401 g/mol. The summed E-state index contributed by atoms with van der Waals surface area (Å²) in [5.74, 6) is -0.272. The first-order chi connectivity index (χ1) is 13.7. The van der Waals surface area contributed by atoms with E-state index >= 15 is 0 Å². The molecule has 2 aromatic rings. The van der Waals surface area contributed by atoms with Crippen LogP contribution in [0.5, 0.6) is 0 Å². The Balaban J connectivity index is 1.22. The second kappa shape index (κ2) is 9.03. The molecule has 148 valence electrons. The van der Waals surface area contributed by atoms with E-state index in [1.165, 1.54) is 11.8 Å². The van der Waals surface area contributed by atoms with Gasteiger partial charge in [0.15, 0.2) is 0 Å². The Labute approximate surface area is 171 Å². The minimum atomic E-state index is -0.272. The zero-order valence-electron chi connectivity index (χ0n) is 16.0. The van der Waals surface area contributed by atoms with E-state index in [4.69, 9.17) is 11.6 Å². The highest BCUT2D eigenvalue weighted by molar-refractivity contribution is 6.30. The molecule has 0 atom stereocenters. The molecule has 4 rings (SSSR count). The van der Waals surface area contributed by atoms with E-state index in [9.17, 15) is 4.39 Å². The predicted molar refractivity (Wildman–Crippen MR) is 112 cm³/mol. The van der Waals surface area contributed by atoms with Gasteiger partial charge in [-0.3, -0.25) is 4.98 Å². The van der Waals surface area contributed by atoms with Crippen LogP contribution in [0.25, 0.3) is 0 Å². The van der Waals surface area contributed by atoms with Gasteiger partial charge in [-0.05, 0) is 43.6 Å². The third kappa shape index (κ3) is 4.90. The lowest BCUT2D eigenvalue weighted by atomic mass is 10.0. The number of likely N-dealkylation sites (tertiary alicyclic amines) is 1. The lowest BCUT2D eigenvalue weighted by Crippen LogP contribution is -2.44. The van der Waals surface area contributed by atoms with Crippen molar-refractivity contribution in [1.29, 1.82) is 0 Å². The molecule has 0 unspecified atom stereocenters. The summed E-state index contributed by atoms with van der Waals surface area (Å²) >= 11 is 5.94. The zero-order valence-corrected chi connectivity index (χ0v) is 16.7. The Morgan fingerprint density at radius 2 is 1.93 bits per heavy atom. The number of anilines is 1. The fraction of sp³-hybridized carbons (Fsp3) is 0.409. The number of pyridine rings is 1. The third-order valence-corrected chi connectivity index (χ3v) is 5.82. The SMILES string of the molecule is Fc1cnc2c(c1)N(CCN1CCC(NCc3ccc(Cl)cc3)CC1)C=CC2. The van der Waals surface area contributed by atoms with Crippen molar-refractivity contribution in [1.82, 2.24) is 15.2 Å². The summed E-state index contributed by atoms with van der Waals surface area (Å²) in [5.41, 5.74) is 3.12. The first-order valence-corrected chi connectivity index (χ1v) is 10.3. The number of halogens is 2. The van der Waals surface area contributed by atoms with Gasteiger partial charge in [-0.2, -0.15) is 0 Å². The van der Waals surface area contributed by atoms with Crippen LogP contribution in [0, 0.1) is 5.82 Å². The molecule has 28 heavy (non-hydrogen) atoms. The zero-order chi connectivity index (χ0) is 19.3. The molecule has 4 nitrogen and oxygen atoms in total. The molecule has 0 aliphatic carbocycles. The van der Waals surface area contributed by atoms with Crippen LogP contribution in [0.4, 0.5) is 10.1 Å². The van der Waals surface area contributed by atoms with Crippen LogP contribution in [0.3, 0.4) is 0 Å². The van der Waals surface area contributed by atoms with Crippen molar-refractivity contribution in [2.75, 3.05) is 31.1 Å². The smallest absolute Gasteiger partial charge is 0.143 e. The number of aromatic nitrogens is 1. The summed E-state index contributed by atoms with van der Waals surface area (Å²) in [5, 5.41) is 4.44. The number of nitrogens with zero attached hydrogens (tertiary/aromatic N) is 3. The Bertz CT molecular complexity index is 816. The van der Waals surface area contributed by atoms with Crippen molar-refractivity contribution < 1.29 is 4.39 Å². The fourth-order valence-corrected chi connectivity index (χ4v) is 4.03. The quantitative estimate of drug-likeness (QED) is 0.794. The molecule has 1 aromatic carbocycles. The second-order valence-electron chi connectivity index (χ2n) is 7.52. The van der Waals surface area contributed by atoms with E-state index in [0.29, 0.717) is 6.04 Å². The van der Waals surface area contributed by atoms with Gasteiger partial charge in [-0.25, -0.2) is 4.39 Å². The maximum atomic E-state index is 13.6. The summed E-state index contributed by atoms with van der Waals surface area (Å²) in [6.07, 6.45) is 8.53. The van der Waals surface area contributed by atoms with Crippen LogP contribution in [0.2, 0.25) is 5.02 Å². The monoisotopic (exact) mass is 400 g/mol. The molecule has 1 saturated heterocycles. The van der Waals surface area contributed by atoms with Gasteiger partial charge in [0.2, 0.25) is 0 Å². The summed E-state index contributed by atoms with van der Waals surface area (Å²) < 4.78 is 13.6. The number of piperidine rings is 1. The largest absolute Gasteiger partial charge is 0.345 e. The normalized spacial score (nSPS) is 17.7. The molecule has 2 aliphatic rings. The van der Waals surface area contributed by atoms with Crippen molar-refractivity contribution in [3.8, 4) is 0 Å². The van der Waals surface area contributed by atoms with Gasteiger partial charge < -0.3 is 15.1 Å². The van der Waals surface area contributed by atoms with Gasteiger partial charge in [-0.15, -0.1) is 0 Å². The molecule has 1 aromatic heterocycles. The van der Waals surface area contributed by atoms with E-state index in [0.717, 1.165) is 68.4 Å². The van der Waals surface area contributed by atoms with Crippen LogP contribution in [-0.4, -0.2) is 42.1 Å². The fourth-order valence-electron chi connectivity index (χ4n) is 3.90. The number of hydrogen-bond donors (Lipinski definition) is 1. The van der Waals surface area contributed by atoms with Crippen LogP contribution in [0.15, 0.2) is 48.8 Å².